The average molecular weight is 296 g/mol. The quantitative estimate of drug-likeness (QED) is 0.908. The van der Waals surface area contributed by atoms with Gasteiger partial charge in [-0.2, -0.15) is 0 Å². The number of nitrogens with one attached hydrogen (secondary N) is 1. The second kappa shape index (κ2) is 7.09. The first-order valence-electron chi connectivity index (χ1n) is 7.29. The van der Waals surface area contributed by atoms with Crippen LogP contribution in [-0.4, -0.2) is 43.1 Å². The van der Waals surface area contributed by atoms with E-state index in [1.807, 2.05) is 16.3 Å². The van der Waals surface area contributed by atoms with Gasteiger partial charge in [0.25, 0.3) is 5.91 Å². The highest BCUT2D eigenvalue weighted by Gasteiger charge is 2.26. The summed E-state index contributed by atoms with van der Waals surface area (Å²) in [6, 6.07) is 2.47. The number of carbonyl (C=O) groups is 1. The summed E-state index contributed by atoms with van der Waals surface area (Å²) in [5.41, 5.74) is 0. The van der Waals surface area contributed by atoms with Crippen LogP contribution in [0, 0.1) is 0 Å². The maximum absolute atomic E-state index is 12.7. The van der Waals surface area contributed by atoms with Crippen molar-refractivity contribution < 1.29 is 9.53 Å². The summed E-state index contributed by atoms with van der Waals surface area (Å²) in [5, 5.41) is 5.42. The van der Waals surface area contributed by atoms with Gasteiger partial charge < -0.3 is 15.0 Å². The van der Waals surface area contributed by atoms with Crippen molar-refractivity contribution in [3.8, 4) is 5.75 Å². The normalized spacial score (nSPS) is 19.1. The zero-order valence-corrected chi connectivity index (χ0v) is 13.3. The second-order valence-corrected chi connectivity index (χ2v) is 6.43. The summed E-state index contributed by atoms with van der Waals surface area (Å²) in [6.45, 7) is 5.98. The fourth-order valence-electron chi connectivity index (χ4n) is 2.59. The molecule has 1 aromatic rings. The van der Waals surface area contributed by atoms with Gasteiger partial charge in [-0.05, 0) is 44.7 Å². The van der Waals surface area contributed by atoms with Gasteiger partial charge in [0.1, 0.15) is 10.6 Å². The Morgan fingerprint density at radius 2 is 2.35 bits per heavy atom. The van der Waals surface area contributed by atoms with Crippen LogP contribution >= 0.6 is 11.3 Å². The van der Waals surface area contributed by atoms with E-state index in [0.29, 0.717) is 16.7 Å². The third-order valence-electron chi connectivity index (χ3n) is 3.76. The molecule has 2 rings (SSSR count). The third kappa shape index (κ3) is 3.52. The average Bonchev–Trinajstić information content (AvgIpc) is 2.93. The van der Waals surface area contributed by atoms with E-state index in [-0.39, 0.29) is 11.9 Å². The van der Waals surface area contributed by atoms with Gasteiger partial charge in [-0.3, -0.25) is 4.79 Å². The molecular weight excluding hydrogens is 272 g/mol. The molecule has 0 bridgehead atoms. The summed E-state index contributed by atoms with van der Waals surface area (Å²) >= 11 is 1.45. The van der Waals surface area contributed by atoms with Crippen molar-refractivity contribution >= 4 is 17.2 Å². The minimum Gasteiger partial charge on any atom is -0.495 e. The Kier molecular flexibility index (Phi) is 5.43. The third-order valence-corrected chi connectivity index (χ3v) is 4.64. The van der Waals surface area contributed by atoms with Crippen LogP contribution in [0.3, 0.4) is 0 Å². The van der Waals surface area contributed by atoms with E-state index < -0.39 is 0 Å². The van der Waals surface area contributed by atoms with Crippen LogP contribution in [0.5, 0.6) is 5.75 Å². The van der Waals surface area contributed by atoms with E-state index in [4.69, 9.17) is 4.74 Å². The maximum atomic E-state index is 12.7. The molecule has 0 radical (unpaired) electrons. The van der Waals surface area contributed by atoms with Crippen molar-refractivity contribution in [1.29, 1.82) is 0 Å². The molecule has 0 aromatic carbocycles. The highest BCUT2D eigenvalue weighted by atomic mass is 32.1. The molecule has 0 saturated carbocycles. The molecule has 0 aliphatic carbocycles. The van der Waals surface area contributed by atoms with Crippen LogP contribution in [0.1, 0.15) is 42.8 Å². The molecule has 1 atom stereocenters. The first-order valence-corrected chi connectivity index (χ1v) is 8.17. The van der Waals surface area contributed by atoms with E-state index in [0.717, 1.165) is 19.5 Å². The van der Waals surface area contributed by atoms with E-state index in [2.05, 4.69) is 19.2 Å². The first kappa shape index (κ1) is 15.3. The molecule has 0 spiro atoms. The molecule has 4 nitrogen and oxygen atoms in total. The Morgan fingerprint density at radius 3 is 2.95 bits per heavy atom. The zero-order valence-electron chi connectivity index (χ0n) is 12.5. The Hall–Kier alpha value is -1.07. The van der Waals surface area contributed by atoms with E-state index in [9.17, 15) is 4.79 Å². The van der Waals surface area contributed by atoms with Crippen LogP contribution < -0.4 is 10.1 Å². The highest BCUT2D eigenvalue weighted by molar-refractivity contribution is 7.12. The molecular formula is C15H24N2O2S. The van der Waals surface area contributed by atoms with Crippen molar-refractivity contribution in [3.05, 3.63) is 16.3 Å². The number of amides is 1. The topological polar surface area (TPSA) is 41.6 Å². The smallest absolute Gasteiger partial charge is 0.268 e. The molecule has 20 heavy (non-hydrogen) atoms. The Labute approximate surface area is 125 Å². The summed E-state index contributed by atoms with van der Waals surface area (Å²) in [6.07, 6.45) is 3.64. The lowest BCUT2D eigenvalue weighted by molar-refractivity contribution is 0.0679. The Balaban J connectivity index is 2.09. The van der Waals surface area contributed by atoms with Crippen molar-refractivity contribution in [2.75, 3.05) is 20.2 Å². The molecule has 1 saturated heterocycles. The SMILES string of the molecule is COc1ccsc1C(=O)N(CC1CCCCN1)C(C)C. The molecule has 1 fully saturated rings. The standard InChI is InChI=1S/C15H24N2O2S/c1-11(2)17(10-12-6-4-5-8-16-12)15(18)14-13(19-3)7-9-20-14/h7,9,11-12,16H,4-6,8,10H2,1-3H3. The van der Waals surface area contributed by atoms with Crippen LogP contribution in [-0.2, 0) is 0 Å². The number of carbonyl (C=O) groups excluding carboxylic acids is 1. The van der Waals surface area contributed by atoms with Crippen LogP contribution in [0.15, 0.2) is 11.4 Å². The van der Waals surface area contributed by atoms with Crippen molar-refractivity contribution in [3.63, 3.8) is 0 Å². The molecule has 1 aliphatic heterocycles. The van der Waals surface area contributed by atoms with Gasteiger partial charge >= 0.3 is 0 Å². The zero-order chi connectivity index (χ0) is 14.5. The van der Waals surface area contributed by atoms with Gasteiger partial charge in [0.15, 0.2) is 0 Å². The monoisotopic (exact) mass is 296 g/mol. The second-order valence-electron chi connectivity index (χ2n) is 5.52. The van der Waals surface area contributed by atoms with E-state index in [1.165, 1.54) is 24.2 Å². The first-order chi connectivity index (χ1) is 9.63. The molecule has 5 heteroatoms. The maximum Gasteiger partial charge on any atom is 0.268 e. The van der Waals surface area contributed by atoms with Crippen LogP contribution in [0.4, 0.5) is 0 Å². The number of piperidine rings is 1. The predicted molar refractivity (Wildman–Crippen MR) is 82.7 cm³/mol. The summed E-state index contributed by atoms with van der Waals surface area (Å²) in [4.78, 5) is 15.4. The number of thiophene rings is 1. The van der Waals surface area contributed by atoms with Crippen molar-refractivity contribution in [1.82, 2.24) is 10.2 Å². The van der Waals surface area contributed by atoms with Gasteiger partial charge in [0, 0.05) is 18.6 Å². The molecule has 1 unspecified atom stereocenters. The lowest BCUT2D eigenvalue weighted by Gasteiger charge is -2.33. The van der Waals surface area contributed by atoms with Gasteiger partial charge in [-0.15, -0.1) is 11.3 Å². The molecule has 1 N–H and O–H groups in total. The fourth-order valence-corrected chi connectivity index (χ4v) is 3.40. The number of ether oxygens (including phenoxy) is 1. The summed E-state index contributed by atoms with van der Waals surface area (Å²) in [5.74, 6) is 0.765. The van der Waals surface area contributed by atoms with Gasteiger partial charge in [0.2, 0.25) is 0 Å². The number of rotatable bonds is 5. The number of nitrogens with zero attached hydrogens (tertiary/aromatic N) is 1. The summed E-state index contributed by atoms with van der Waals surface area (Å²) < 4.78 is 5.27. The number of hydrogen-bond acceptors (Lipinski definition) is 4. The van der Waals surface area contributed by atoms with Gasteiger partial charge in [0.05, 0.1) is 7.11 Å². The van der Waals surface area contributed by atoms with E-state index in [1.54, 1.807) is 7.11 Å². The van der Waals surface area contributed by atoms with Crippen molar-refractivity contribution in [2.45, 2.75) is 45.2 Å². The lowest BCUT2D eigenvalue weighted by Crippen LogP contribution is -2.48. The Morgan fingerprint density at radius 1 is 1.55 bits per heavy atom. The number of hydrogen-bond donors (Lipinski definition) is 1. The molecule has 1 aliphatic rings. The number of methoxy groups -OCH3 is 1. The van der Waals surface area contributed by atoms with Crippen LogP contribution in [0.25, 0.3) is 0 Å². The molecule has 1 amide bonds. The lowest BCUT2D eigenvalue weighted by atomic mass is 10.0. The van der Waals surface area contributed by atoms with Crippen molar-refractivity contribution in [2.24, 2.45) is 0 Å². The predicted octanol–water partition coefficient (Wildman–Crippen LogP) is 2.75. The van der Waals surface area contributed by atoms with Crippen LogP contribution in [0.2, 0.25) is 0 Å². The largest absolute Gasteiger partial charge is 0.495 e. The fraction of sp³-hybridized carbons (Fsp3) is 0.667. The van der Waals surface area contributed by atoms with Gasteiger partial charge in [-0.25, -0.2) is 0 Å². The Bertz CT molecular complexity index is 439. The minimum absolute atomic E-state index is 0.0826. The minimum atomic E-state index is 0.0826. The van der Waals surface area contributed by atoms with Gasteiger partial charge in [-0.1, -0.05) is 6.42 Å². The highest BCUT2D eigenvalue weighted by Crippen LogP contribution is 2.27. The molecule has 2 heterocycles. The van der Waals surface area contributed by atoms with E-state index >= 15 is 0 Å². The molecule has 1 aromatic heterocycles. The molecule has 112 valence electrons. The summed E-state index contributed by atoms with van der Waals surface area (Å²) in [7, 11) is 1.61.